The number of imide groups is 1. The summed E-state index contributed by atoms with van der Waals surface area (Å²) in [4.78, 5) is 28.8. The molecule has 2 heterocycles. The second-order valence-electron chi connectivity index (χ2n) is 2.92. The Balaban J connectivity index is 2.09. The molecule has 7 heteroatoms. The van der Waals surface area contributed by atoms with E-state index in [0.717, 1.165) is 4.88 Å². The molecule has 0 aliphatic carbocycles. The standard InChI is InChI=1S/C8H7ClN2O2S2/c9-7-10-3-5(15-7)4-11-6(12)1-2-14-8(11)13/h3H,1-2,4H2. The van der Waals surface area contributed by atoms with Gasteiger partial charge in [0.15, 0.2) is 4.47 Å². The third kappa shape index (κ3) is 2.50. The van der Waals surface area contributed by atoms with E-state index in [2.05, 4.69) is 4.98 Å². The number of amides is 2. The second-order valence-corrected chi connectivity index (χ2v) is 5.67. The third-order valence-corrected chi connectivity index (χ3v) is 3.88. The van der Waals surface area contributed by atoms with Crippen LogP contribution in [0.25, 0.3) is 0 Å². The minimum Gasteiger partial charge on any atom is -0.274 e. The summed E-state index contributed by atoms with van der Waals surface area (Å²) in [5, 5.41) is -0.184. The highest BCUT2D eigenvalue weighted by molar-refractivity contribution is 8.13. The number of hydrogen-bond acceptors (Lipinski definition) is 5. The minimum atomic E-state index is -0.184. The Morgan fingerprint density at radius 2 is 2.33 bits per heavy atom. The van der Waals surface area contributed by atoms with Gasteiger partial charge in [-0.3, -0.25) is 14.5 Å². The van der Waals surface area contributed by atoms with Crippen LogP contribution in [0.1, 0.15) is 11.3 Å². The molecule has 0 atom stereocenters. The Morgan fingerprint density at radius 1 is 1.53 bits per heavy atom. The predicted octanol–water partition coefficient (Wildman–Crippen LogP) is 2.38. The summed E-state index contributed by atoms with van der Waals surface area (Å²) in [7, 11) is 0. The molecule has 0 aromatic carbocycles. The van der Waals surface area contributed by atoms with Crippen molar-refractivity contribution in [3.8, 4) is 0 Å². The lowest BCUT2D eigenvalue weighted by Crippen LogP contribution is -2.37. The summed E-state index contributed by atoms with van der Waals surface area (Å²) < 4.78 is 0.426. The fourth-order valence-corrected chi connectivity index (χ4v) is 2.95. The number of nitrogens with zero attached hydrogens (tertiary/aromatic N) is 2. The molecule has 80 valence electrons. The van der Waals surface area contributed by atoms with Crippen LogP contribution in [0, 0.1) is 0 Å². The van der Waals surface area contributed by atoms with Crippen molar-refractivity contribution in [3.63, 3.8) is 0 Å². The number of carbonyl (C=O) groups excluding carboxylic acids is 2. The van der Waals surface area contributed by atoms with Crippen LogP contribution in [-0.4, -0.2) is 26.8 Å². The van der Waals surface area contributed by atoms with Crippen LogP contribution in [-0.2, 0) is 11.3 Å². The van der Waals surface area contributed by atoms with E-state index < -0.39 is 0 Å². The second kappa shape index (κ2) is 4.51. The zero-order valence-corrected chi connectivity index (χ0v) is 9.99. The monoisotopic (exact) mass is 262 g/mol. The highest BCUT2D eigenvalue weighted by Gasteiger charge is 2.27. The van der Waals surface area contributed by atoms with Crippen LogP contribution in [0.3, 0.4) is 0 Å². The van der Waals surface area contributed by atoms with Crippen LogP contribution in [0.15, 0.2) is 6.20 Å². The largest absolute Gasteiger partial charge is 0.288 e. The van der Waals surface area contributed by atoms with Gasteiger partial charge in [0.2, 0.25) is 5.91 Å². The molecule has 0 radical (unpaired) electrons. The van der Waals surface area contributed by atoms with Crippen molar-refractivity contribution in [2.24, 2.45) is 0 Å². The van der Waals surface area contributed by atoms with Crippen molar-refractivity contribution in [1.82, 2.24) is 9.88 Å². The Morgan fingerprint density at radius 3 is 2.93 bits per heavy atom. The highest BCUT2D eigenvalue weighted by Crippen LogP contribution is 2.24. The average molecular weight is 263 g/mol. The van der Waals surface area contributed by atoms with E-state index >= 15 is 0 Å². The van der Waals surface area contributed by atoms with Crippen molar-refractivity contribution in [2.75, 3.05) is 5.75 Å². The SMILES string of the molecule is O=C1CCSC(=O)N1Cc1cnc(Cl)s1. The number of halogens is 1. The quantitative estimate of drug-likeness (QED) is 0.821. The number of rotatable bonds is 2. The molecular formula is C8H7ClN2O2S2. The van der Waals surface area contributed by atoms with Crippen LogP contribution >= 0.6 is 34.7 Å². The van der Waals surface area contributed by atoms with Gasteiger partial charge in [-0.1, -0.05) is 23.4 Å². The molecule has 15 heavy (non-hydrogen) atoms. The lowest BCUT2D eigenvalue weighted by Gasteiger charge is -2.23. The predicted molar refractivity (Wildman–Crippen MR) is 60.1 cm³/mol. The van der Waals surface area contributed by atoms with E-state index in [4.69, 9.17) is 11.6 Å². The van der Waals surface area contributed by atoms with Crippen molar-refractivity contribution in [3.05, 3.63) is 15.5 Å². The van der Waals surface area contributed by atoms with E-state index in [1.165, 1.54) is 28.0 Å². The first-order valence-corrected chi connectivity index (χ1v) is 6.42. The first-order chi connectivity index (χ1) is 7.16. The summed E-state index contributed by atoms with van der Waals surface area (Å²) in [5.74, 6) is 0.459. The lowest BCUT2D eigenvalue weighted by molar-refractivity contribution is -0.128. The number of aromatic nitrogens is 1. The molecule has 1 aromatic rings. The Hall–Kier alpha value is -0.590. The molecule has 0 spiro atoms. The van der Waals surface area contributed by atoms with E-state index in [1.807, 2.05) is 0 Å². The summed E-state index contributed by atoms with van der Waals surface area (Å²) in [6, 6.07) is 0. The first-order valence-electron chi connectivity index (χ1n) is 4.24. The summed E-state index contributed by atoms with van der Waals surface area (Å²) in [6.07, 6.45) is 2.01. The molecule has 0 unspecified atom stereocenters. The van der Waals surface area contributed by atoms with Gasteiger partial charge in [-0.25, -0.2) is 4.98 Å². The van der Waals surface area contributed by atoms with Gasteiger partial charge in [0.25, 0.3) is 5.24 Å². The number of hydrogen-bond donors (Lipinski definition) is 0. The Bertz CT molecular complexity index is 391. The zero-order chi connectivity index (χ0) is 10.8. The van der Waals surface area contributed by atoms with Crippen molar-refractivity contribution in [1.29, 1.82) is 0 Å². The van der Waals surface area contributed by atoms with E-state index in [-0.39, 0.29) is 17.7 Å². The number of thioether (sulfide) groups is 1. The van der Waals surface area contributed by atoms with E-state index in [1.54, 1.807) is 6.20 Å². The lowest BCUT2D eigenvalue weighted by atomic mass is 10.4. The average Bonchev–Trinajstić information content (AvgIpc) is 2.58. The van der Waals surface area contributed by atoms with Gasteiger partial charge in [-0.2, -0.15) is 0 Å². The molecule has 1 fully saturated rings. The maximum absolute atomic E-state index is 11.5. The summed E-state index contributed by atoms with van der Waals surface area (Å²) in [5.41, 5.74) is 0. The van der Waals surface area contributed by atoms with Gasteiger partial charge >= 0.3 is 0 Å². The molecule has 0 N–H and O–H groups in total. The van der Waals surface area contributed by atoms with Crippen molar-refractivity contribution in [2.45, 2.75) is 13.0 Å². The molecule has 4 nitrogen and oxygen atoms in total. The first kappa shape index (κ1) is 10.9. The summed E-state index contributed by atoms with van der Waals surface area (Å²) in [6.45, 7) is 0.287. The number of thiazole rings is 1. The fraction of sp³-hybridized carbons (Fsp3) is 0.375. The van der Waals surface area contributed by atoms with Gasteiger partial charge in [0.05, 0.1) is 6.54 Å². The van der Waals surface area contributed by atoms with Crippen LogP contribution < -0.4 is 0 Å². The summed E-state index contributed by atoms with van der Waals surface area (Å²) >= 11 is 8.12. The molecule has 1 saturated heterocycles. The smallest absolute Gasteiger partial charge is 0.274 e. The molecule has 0 bridgehead atoms. The fourth-order valence-electron chi connectivity index (χ4n) is 1.21. The maximum Gasteiger partial charge on any atom is 0.288 e. The minimum absolute atomic E-state index is 0.122. The van der Waals surface area contributed by atoms with Gasteiger partial charge in [-0.15, -0.1) is 11.3 Å². The van der Waals surface area contributed by atoms with Gasteiger partial charge < -0.3 is 0 Å². The number of carbonyl (C=O) groups is 2. The third-order valence-electron chi connectivity index (χ3n) is 1.90. The van der Waals surface area contributed by atoms with Crippen molar-refractivity contribution < 1.29 is 9.59 Å². The Kier molecular flexibility index (Phi) is 3.28. The van der Waals surface area contributed by atoms with Gasteiger partial charge in [0, 0.05) is 23.2 Å². The molecule has 2 amide bonds. The van der Waals surface area contributed by atoms with Crippen LogP contribution in [0.2, 0.25) is 4.47 Å². The normalized spacial score (nSPS) is 17.3. The molecule has 1 aromatic heterocycles. The highest BCUT2D eigenvalue weighted by atomic mass is 35.5. The molecule has 1 aliphatic heterocycles. The van der Waals surface area contributed by atoms with Crippen LogP contribution in [0.5, 0.6) is 0 Å². The topological polar surface area (TPSA) is 50.3 Å². The molecule has 2 rings (SSSR count). The molecule has 1 aliphatic rings. The van der Waals surface area contributed by atoms with Gasteiger partial charge in [-0.05, 0) is 0 Å². The van der Waals surface area contributed by atoms with Crippen molar-refractivity contribution >= 4 is 45.8 Å². The Labute approximate surface area is 99.6 Å². The molecular weight excluding hydrogens is 256 g/mol. The van der Waals surface area contributed by atoms with Crippen LogP contribution in [0.4, 0.5) is 4.79 Å². The van der Waals surface area contributed by atoms with E-state index in [0.29, 0.717) is 16.6 Å². The molecule has 0 saturated carbocycles. The zero-order valence-electron chi connectivity index (χ0n) is 7.60. The van der Waals surface area contributed by atoms with E-state index in [9.17, 15) is 9.59 Å². The maximum atomic E-state index is 11.5. The van der Waals surface area contributed by atoms with Gasteiger partial charge in [0.1, 0.15) is 0 Å².